The van der Waals surface area contributed by atoms with E-state index in [2.05, 4.69) is 0 Å². The summed E-state index contributed by atoms with van der Waals surface area (Å²) in [5.74, 6) is 0.520. The van der Waals surface area contributed by atoms with E-state index in [0.29, 0.717) is 11.3 Å². The number of aryl methyl sites for hydroxylation is 1. The highest BCUT2D eigenvalue weighted by Crippen LogP contribution is 2.37. The van der Waals surface area contributed by atoms with Crippen LogP contribution in [-0.2, 0) is 9.84 Å². The molecule has 4 nitrogen and oxygen atoms in total. The zero-order valence-corrected chi connectivity index (χ0v) is 14.0. The van der Waals surface area contributed by atoms with Crippen LogP contribution in [0.4, 0.5) is 0 Å². The molecule has 2 aromatic carbocycles. The number of rotatable bonds is 6. The van der Waals surface area contributed by atoms with Crippen LogP contribution >= 0.6 is 0 Å². The van der Waals surface area contributed by atoms with E-state index >= 15 is 0 Å². The minimum atomic E-state index is -3.61. The summed E-state index contributed by atoms with van der Waals surface area (Å²) in [4.78, 5) is 0.261. The third-order valence-corrected chi connectivity index (χ3v) is 5.90. The summed E-state index contributed by atoms with van der Waals surface area (Å²) < 4.78 is 31.4. The molecule has 0 bridgehead atoms. The number of ether oxygens (including phenoxy) is 1. The molecular formula is C18H19NO3S. The fourth-order valence-electron chi connectivity index (χ4n) is 2.50. The third kappa shape index (κ3) is 3.72. The first kappa shape index (κ1) is 17.0. The summed E-state index contributed by atoms with van der Waals surface area (Å²) >= 11 is 0. The highest BCUT2D eigenvalue weighted by atomic mass is 32.2. The highest BCUT2D eigenvalue weighted by Gasteiger charge is 2.30. The van der Waals surface area contributed by atoms with Gasteiger partial charge < -0.3 is 4.74 Å². The van der Waals surface area contributed by atoms with Gasteiger partial charge in [0.15, 0.2) is 9.84 Å². The fraction of sp³-hybridized carbons (Fsp3) is 0.278. The Bertz CT molecular complexity index is 805. The van der Waals surface area contributed by atoms with Gasteiger partial charge in [-0.3, -0.25) is 0 Å². The van der Waals surface area contributed by atoms with Crippen LogP contribution in [0.5, 0.6) is 5.75 Å². The quantitative estimate of drug-likeness (QED) is 0.808. The van der Waals surface area contributed by atoms with E-state index in [1.807, 2.05) is 13.0 Å². The van der Waals surface area contributed by atoms with Crippen LogP contribution in [0.25, 0.3) is 0 Å². The van der Waals surface area contributed by atoms with E-state index < -0.39 is 15.1 Å². The lowest BCUT2D eigenvalue weighted by Gasteiger charge is -2.19. The smallest absolute Gasteiger partial charge is 0.185 e. The first-order chi connectivity index (χ1) is 11.0. The second-order valence-electron chi connectivity index (χ2n) is 5.29. The summed E-state index contributed by atoms with van der Waals surface area (Å²) in [5, 5.41) is 8.08. The lowest BCUT2D eigenvalue weighted by atomic mass is 10.1. The van der Waals surface area contributed by atoms with Crippen molar-refractivity contribution in [2.45, 2.75) is 29.9 Å². The first-order valence-corrected chi connectivity index (χ1v) is 8.85. The summed E-state index contributed by atoms with van der Waals surface area (Å²) in [6.07, 6.45) is 0.390. The van der Waals surface area contributed by atoms with Crippen molar-refractivity contribution < 1.29 is 13.2 Å². The summed E-state index contributed by atoms with van der Waals surface area (Å²) in [7, 11) is -2.09. The van der Waals surface area contributed by atoms with Crippen molar-refractivity contribution in [3.05, 3.63) is 59.7 Å². The Morgan fingerprint density at radius 1 is 1.13 bits per heavy atom. The summed E-state index contributed by atoms with van der Waals surface area (Å²) in [5.41, 5.74) is 1.58. The van der Waals surface area contributed by atoms with Crippen LogP contribution in [0.1, 0.15) is 29.2 Å². The van der Waals surface area contributed by atoms with Gasteiger partial charge in [-0.2, -0.15) is 5.26 Å². The van der Waals surface area contributed by atoms with Crippen molar-refractivity contribution in [1.29, 1.82) is 5.26 Å². The topological polar surface area (TPSA) is 67.2 Å². The average molecular weight is 329 g/mol. The van der Waals surface area contributed by atoms with E-state index in [1.54, 1.807) is 48.5 Å². The predicted molar refractivity (Wildman–Crippen MR) is 88.9 cm³/mol. The Labute approximate surface area is 137 Å². The third-order valence-electron chi connectivity index (χ3n) is 3.73. The van der Waals surface area contributed by atoms with Crippen LogP contribution in [0.3, 0.4) is 0 Å². The number of sulfone groups is 1. The number of benzene rings is 2. The van der Waals surface area contributed by atoms with Crippen LogP contribution in [0.2, 0.25) is 0 Å². The minimum Gasteiger partial charge on any atom is -0.496 e. The summed E-state index contributed by atoms with van der Waals surface area (Å²) in [6, 6.07) is 15.9. The number of para-hydroxylation sites is 1. The Morgan fingerprint density at radius 2 is 1.78 bits per heavy atom. The molecular weight excluding hydrogens is 310 g/mol. The molecule has 5 heteroatoms. The maximum Gasteiger partial charge on any atom is 0.185 e. The largest absolute Gasteiger partial charge is 0.496 e. The molecule has 0 aliphatic heterocycles. The molecule has 120 valence electrons. The highest BCUT2D eigenvalue weighted by molar-refractivity contribution is 7.91. The van der Waals surface area contributed by atoms with Crippen LogP contribution in [0, 0.1) is 18.3 Å². The Balaban J connectivity index is 2.54. The van der Waals surface area contributed by atoms with Crippen LogP contribution < -0.4 is 4.74 Å². The molecule has 0 saturated heterocycles. The van der Waals surface area contributed by atoms with E-state index in [1.165, 1.54) is 7.11 Å². The Morgan fingerprint density at radius 3 is 2.39 bits per heavy atom. The number of nitriles is 1. The molecule has 0 heterocycles. The van der Waals surface area contributed by atoms with Gasteiger partial charge in [0.1, 0.15) is 5.75 Å². The number of nitrogens with zero attached hydrogens (tertiary/aromatic N) is 1. The Hall–Kier alpha value is -2.32. The van der Waals surface area contributed by atoms with Crippen molar-refractivity contribution >= 4 is 9.84 Å². The molecule has 0 amide bonds. The fourth-order valence-corrected chi connectivity index (χ4v) is 4.30. The maximum absolute atomic E-state index is 13.1. The first-order valence-electron chi connectivity index (χ1n) is 7.31. The molecule has 0 aliphatic rings. The van der Waals surface area contributed by atoms with Gasteiger partial charge in [0.05, 0.1) is 23.3 Å². The monoisotopic (exact) mass is 329 g/mol. The van der Waals surface area contributed by atoms with Gasteiger partial charge in [-0.25, -0.2) is 8.42 Å². The van der Waals surface area contributed by atoms with E-state index in [-0.39, 0.29) is 17.7 Å². The van der Waals surface area contributed by atoms with E-state index in [4.69, 9.17) is 10.00 Å². The van der Waals surface area contributed by atoms with Crippen LogP contribution in [-0.4, -0.2) is 15.5 Å². The standard InChI is InChI=1S/C18H19NO3S/c1-14-9-11-15(12-10-14)23(20,21)18(8-5-13-19)16-6-3-4-7-17(16)22-2/h3-4,6-7,9-12,18H,5,8H2,1-2H3. The van der Waals surface area contributed by atoms with Gasteiger partial charge in [0.2, 0.25) is 0 Å². The minimum absolute atomic E-state index is 0.161. The normalized spacial score (nSPS) is 12.4. The SMILES string of the molecule is COc1ccccc1C(CCC#N)S(=O)(=O)c1ccc(C)cc1. The molecule has 2 rings (SSSR count). The van der Waals surface area contributed by atoms with Crippen LogP contribution in [0.15, 0.2) is 53.4 Å². The molecule has 0 radical (unpaired) electrons. The molecule has 23 heavy (non-hydrogen) atoms. The van der Waals surface area contributed by atoms with Gasteiger partial charge in [-0.15, -0.1) is 0 Å². The molecule has 0 fully saturated rings. The molecule has 1 atom stereocenters. The lowest BCUT2D eigenvalue weighted by Crippen LogP contribution is -2.15. The lowest BCUT2D eigenvalue weighted by molar-refractivity contribution is 0.408. The molecule has 0 saturated carbocycles. The number of hydrogen-bond acceptors (Lipinski definition) is 4. The zero-order valence-electron chi connectivity index (χ0n) is 13.2. The van der Waals surface area contributed by atoms with Crippen molar-refractivity contribution in [2.24, 2.45) is 0 Å². The molecule has 0 N–H and O–H groups in total. The molecule has 0 aromatic heterocycles. The second-order valence-corrected chi connectivity index (χ2v) is 7.42. The van der Waals surface area contributed by atoms with Crippen molar-refractivity contribution in [3.63, 3.8) is 0 Å². The molecule has 2 aromatic rings. The van der Waals surface area contributed by atoms with Gasteiger partial charge in [0.25, 0.3) is 0 Å². The van der Waals surface area contributed by atoms with Crippen molar-refractivity contribution in [2.75, 3.05) is 7.11 Å². The van der Waals surface area contributed by atoms with E-state index in [0.717, 1.165) is 5.56 Å². The van der Waals surface area contributed by atoms with Gasteiger partial charge >= 0.3 is 0 Å². The predicted octanol–water partition coefficient (Wildman–Crippen LogP) is 3.82. The van der Waals surface area contributed by atoms with Gasteiger partial charge in [-0.05, 0) is 31.5 Å². The zero-order chi connectivity index (χ0) is 16.9. The maximum atomic E-state index is 13.1. The van der Waals surface area contributed by atoms with Crippen molar-refractivity contribution in [1.82, 2.24) is 0 Å². The number of methoxy groups -OCH3 is 1. The molecule has 0 spiro atoms. The Kier molecular flexibility index (Phi) is 5.41. The van der Waals surface area contributed by atoms with E-state index in [9.17, 15) is 8.42 Å². The molecule has 1 unspecified atom stereocenters. The second kappa shape index (κ2) is 7.30. The summed E-state index contributed by atoms with van der Waals surface area (Å²) in [6.45, 7) is 1.91. The van der Waals surface area contributed by atoms with Gasteiger partial charge in [-0.1, -0.05) is 35.9 Å². The number of hydrogen-bond donors (Lipinski definition) is 0. The average Bonchev–Trinajstić information content (AvgIpc) is 2.56. The molecule has 0 aliphatic carbocycles. The van der Waals surface area contributed by atoms with Gasteiger partial charge in [0, 0.05) is 12.0 Å². The van der Waals surface area contributed by atoms with Crippen molar-refractivity contribution in [3.8, 4) is 11.8 Å².